The first-order chi connectivity index (χ1) is 21.4. The van der Waals surface area contributed by atoms with Gasteiger partial charge >= 0.3 is 20.1 Å². The number of benzene rings is 3. The van der Waals surface area contributed by atoms with Gasteiger partial charge in [0.25, 0.3) is 0 Å². The number of nitrogens with two attached hydrogens (primary N) is 1. The Bertz CT molecular complexity index is 1250. The van der Waals surface area contributed by atoms with Crippen molar-refractivity contribution in [2.45, 2.75) is 32.1 Å². The minimum atomic E-state index is -4.02. The van der Waals surface area contributed by atoms with Gasteiger partial charge in [-0.1, -0.05) is 91.0 Å². The van der Waals surface area contributed by atoms with E-state index in [0.717, 1.165) is 16.7 Å². The van der Waals surface area contributed by atoms with Crippen LogP contribution in [0.1, 0.15) is 29.5 Å². The van der Waals surface area contributed by atoms with Crippen LogP contribution >= 0.6 is 7.75 Å². The van der Waals surface area contributed by atoms with Crippen LogP contribution in [0.25, 0.3) is 0 Å². The Labute approximate surface area is 257 Å². The predicted molar refractivity (Wildman–Crippen MR) is 165 cm³/mol. The highest BCUT2D eigenvalue weighted by Crippen LogP contribution is 2.50. The molecule has 0 unspecified atom stereocenters. The molecule has 3 aromatic carbocycles. The Balaban J connectivity index is 1.37. The number of carbonyl (C=O) groups is 2. The average molecular weight is 627 g/mol. The third kappa shape index (κ3) is 14.8. The van der Waals surface area contributed by atoms with Crippen molar-refractivity contribution in [1.29, 1.82) is 0 Å². The lowest BCUT2D eigenvalue weighted by Crippen LogP contribution is -2.16. The molecular weight excluding hydrogens is 587 g/mol. The number of hydrogen-bond acceptors (Lipinski definition) is 9. The molecule has 44 heavy (non-hydrogen) atoms. The van der Waals surface area contributed by atoms with E-state index in [4.69, 9.17) is 33.7 Å². The van der Waals surface area contributed by atoms with E-state index in [1.54, 1.807) is 0 Å². The summed E-state index contributed by atoms with van der Waals surface area (Å²) in [7, 11) is -4.02. The highest BCUT2D eigenvalue weighted by atomic mass is 31.2. The predicted octanol–water partition coefficient (Wildman–Crippen LogP) is 6.30. The molecule has 3 rings (SSSR count). The summed E-state index contributed by atoms with van der Waals surface area (Å²) in [6.45, 7) is 0.170. The van der Waals surface area contributed by atoms with Gasteiger partial charge in [-0.05, 0) is 16.7 Å². The zero-order chi connectivity index (χ0) is 31.3. The van der Waals surface area contributed by atoms with Gasteiger partial charge in [-0.25, -0.2) is 14.2 Å². The molecular formula is C32H39N2O9P. The zero-order valence-corrected chi connectivity index (χ0v) is 25.5. The van der Waals surface area contributed by atoms with Crippen molar-refractivity contribution < 1.29 is 42.1 Å². The SMILES string of the molecule is NC(Cc1ccccc1)=NP(=O)(OCCCOC(=O)OCCc1ccccc1)OCCCOC(=O)OCCc1ccccc1. The second-order valence-electron chi connectivity index (χ2n) is 9.46. The Morgan fingerprint density at radius 3 is 1.39 bits per heavy atom. The van der Waals surface area contributed by atoms with Crippen LogP contribution in [0.15, 0.2) is 95.8 Å². The summed E-state index contributed by atoms with van der Waals surface area (Å²) in [5, 5.41) is 0. The smallest absolute Gasteiger partial charge is 0.434 e. The summed E-state index contributed by atoms with van der Waals surface area (Å²) < 4.78 is 48.6. The van der Waals surface area contributed by atoms with E-state index >= 15 is 0 Å². The quantitative estimate of drug-likeness (QED) is 0.0529. The van der Waals surface area contributed by atoms with E-state index in [2.05, 4.69) is 4.76 Å². The van der Waals surface area contributed by atoms with Crippen molar-refractivity contribution in [3.8, 4) is 0 Å². The Hall–Kier alpha value is -4.18. The first-order valence-corrected chi connectivity index (χ1v) is 15.9. The molecule has 0 amide bonds. The van der Waals surface area contributed by atoms with Crippen molar-refractivity contribution in [3.63, 3.8) is 0 Å². The minimum Gasteiger partial charge on any atom is -0.434 e. The van der Waals surface area contributed by atoms with E-state index in [9.17, 15) is 14.2 Å². The molecule has 236 valence electrons. The fraction of sp³-hybridized carbons (Fsp3) is 0.344. The molecule has 11 nitrogen and oxygen atoms in total. The summed E-state index contributed by atoms with van der Waals surface area (Å²) in [4.78, 5) is 23.7. The zero-order valence-electron chi connectivity index (χ0n) is 24.6. The average Bonchev–Trinajstić information content (AvgIpc) is 3.02. The van der Waals surface area contributed by atoms with Crippen LogP contribution in [0.3, 0.4) is 0 Å². The Morgan fingerprint density at radius 2 is 0.955 bits per heavy atom. The van der Waals surface area contributed by atoms with E-state index in [0.29, 0.717) is 12.8 Å². The number of hydrogen-bond donors (Lipinski definition) is 1. The lowest BCUT2D eigenvalue weighted by Gasteiger charge is -2.15. The van der Waals surface area contributed by atoms with Gasteiger partial charge in [0.1, 0.15) is 5.84 Å². The highest BCUT2D eigenvalue weighted by molar-refractivity contribution is 7.52. The summed E-state index contributed by atoms with van der Waals surface area (Å²) in [5.74, 6) is 0.0658. The second kappa shape index (κ2) is 19.9. The molecule has 0 bridgehead atoms. The lowest BCUT2D eigenvalue weighted by atomic mass is 10.1. The van der Waals surface area contributed by atoms with E-state index in [1.807, 2.05) is 91.0 Å². The van der Waals surface area contributed by atoms with Gasteiger partial charge in [0, 0.05) is 32.1 Å². The van der Waals surface area contributed by atoms with Crippen LogP contribution in [0.2, 0.25) is 0 Å². The van der Waals surface area contributed by atoms with Crippen molar-refractivity contribution in [1.82, 2.24) is 0 Å². The first kappa shape index (κ1) is 34.3. The number of ether oxygens (including phenoxy) is 4. The van der Waals surface area contributed by atoms with Gasteiger partial charge in [0.15, 0.2) is 0 Å². The van der Waals surface area contributed by atoms with Crippen LogP contribution in [0, 0.1) is 0 Å². The fourth-order valence-corrected chi connectivity index (χ4v) is 5.05. The van der Waals surface area contributed by atoms with Gasteiger partial charge in [0.05, 0.1) is 39.6 Å². The van der Waals surface area contributed by atoms with E-state index in [1.165, 1.54) is 0 Å². The van der Waals surface area contributed by atoms with Crippen molar-refractivity contribution in [3.05, 3.63) is 108 Å². The molecule has 0 spiro atoms. The molecule has 0 heterocycles. The molecule has 0 fully saturated rings. The van der Waals surface area contributed by atoms with Gasteiger partial charge in [0.2, 0.25) is 0 Å². The van der Waals surface area contributed by atoms with Gasteiger partial charge in [-0.3, -0.25) is 9.05 Å². The molecule has 0 saturated heterocycles. The number of nitrogens with zero attached hydrogens (tertiary/aromatic N) is 1. The third-order valence-corrected chi connectivity index (χ3v) is 7.43. The minimum absolute atomic E-state index is 0.0202. The van der Waals surface area contributed by atoms with E-state index in [-0.39, 0.29) is 64.7 Å². The molecule has 0 aliphatic carbocycles. The number of carbonyl (C=O) groups excluding carboxylic acids is 2. The maximum atomic E-state index is 13.4. The molecule has 0 aliphatic rings. The van der Waals surface area contributed by atoms with Crippen LogP contribution in [0.5, 0.6) is 0 Å². The summed E-state index contributed by atoms with van der Waals surface area (Å²) >= 11 is 0. The second-order valence-corrected chi connectivity index (χ2v) is 11.1. The van der Waals surface area contributed by atoms with Crippen molar-refractivity contribution >= 4 is 25.9 Å². The highest BCUT2D eigenvalue weighted by Gasteiger charge is 2.25. The lowest BCUT2D eigenvalue weighted by molar-refractivity contribution is 0.0515. The van der Waals surface area contributed by atoms with E-state index < -0.39 is 20.1 Å². The van der Waals surface area contributed by atoms with Gasteiger partial charge in [-0.15, -0.1) is 0 Å². The summed E-state index contributed by atoms with van der Waals surface area (Å²) in [6, 6.07) is 28.5. The van der Waals surface area contributed by atoms with Crippen molar-refractivity contribution in [2.24, 2.45) is 10.5 Å². The molecule has 0 aromatic heterocycles. The fourth-order valence-electron chi connectivity index (χ4n) is 3.76. The molecule has 0 saturated carbocycles. The Morgan fingerprint density at radius 1 is 0.568 bits per heavy atom. The molecule has 0 atom stereocenters. The molecule has 12 heteroatoms. The largest absolute Gasteiger partial charge is 0.508 e. The summed E-state index contributed by atoms with van der Waals surface area (Å²) in [5.41, 5.74) is 9.02. The maximum absolute atomic E-state index is 13.4. The third-order valence-electron chi connectivity index (χ3n) is 5.91. The number of rotatable bonds is 19. The topological polar surface area (TPSA) is 145 Å². The molecule has 3 aromatic rings. The normalized spacial score (nSPS) is 11.5. The molecule has 0 radical (unpaired) electrons. The van der Waals surface area contributed by atoms with Crippen LogP contribution in [0.4, 0.5) is 9.59 Å². The van der Waals surface area contributed by atoms with Crippen LogP contribution in [-0.2, 0) is 51.8 Å². The first-order valence-electron chi connectivity index (χ1n) is 14.4. The standard InChI is InChI=1S/C32H39N2O9P/c33-30(26-29-16-8-3-9-17-29)34-44(37,42-22-10-20-38-31(35)40-24-18-27-12-4-1-5-13-27)43-23-11-21-39-32(36)41-25-19-28-14-6-2-7-15-28/h1-9,12-17H,10-11,18-26H2,(H2,33,34,37). The van der Waals surface area contributed by atoms with Crippen molar-refractivity contribution in [2.75, 3.05) is 39.6 Å². The molecule has 2 N–H and O–H groups in total. The molecule has 0 aliphatic heterocycles. The van der Waals surface area contributed by atoms with Crippen LogP contribution < -0.4 is 5.73 Å². The van der Waals surface area contributed by atoms with Gasteiger partial charge < -0.3 is 24.7 Å². The van der Waals surface area contributed by atoms with Gasteiger partial charge in [-0.2, -0.15) is 4.76 Å². The maximum Gasteiger partial charge on any atom is 0.508 e. The van der Waals surface area contributed by atoms with Crippen LogP contribution in [-0.4, -0.2) is 57.8 Å². The Kier molecular flexibility index (Phi) is 15.5. The number of amidine groups is 1. The summed E-state index contributed by atoms with van der Waals surface area (Å²) in [6.07, 6.45) is 0.215. The monoisotopic (exact) mass is 626 g/mol.